The summed E-state index contributed by atoms with van der Waals surface area (Å²) in [5, 5.41) is 12.6. The van der Waals surface area contributed by atoms with Crippen molar-refractivity contribution in [3.8, 4) is 45.1 Å². The number of nitrogens with zero attached hydrogens (tertiary/aromatic N) is 3. The van der Waals surface area contributed by atoms with Gasteiger partial charge in [-0.25, -0.2) is 0 Å². The van der Waals surface area contributed by atoms with Gasteiger partial charge in [-0.15, -0.1) is 0 Å². The van der Waals surface area contributed by atoms with Crippen LogP contribution >= 0.6 is 0 Å². The second kappa shape index (κ2) is 9.69. The van der Waals surface area contributed by atoms with E-state index in [2.05, 4.69) is 107 Å². The van der Waals surface area contributed by atoms with Crippen LogP contribution in [0.3, 0.4) is 0 Å². The summed E-state index contributed by atoms with van der Waals surface area (Å²) < 4.78 is 2.35. The first-order valence-corrected chi connectivity index (χ1v) is 13.4. The van der Waals surface area contributed by atoms with Gasteiger partial charge in [0.05, 0.1) is 28.4 Å². The van der Waals surface area contributed by atoms with Crippen LogP contribution in [-0.2, 0) is 0 Å². The molecule has 0 bridgehead atoms. The quantitative estimate of drug-likeness (QED) is 0.236. The van der Waals surface area contributed by atoms with Gasteiger partial charge in [0.2, 0.25) is 0 Å². The van der Waals surface area contributed by atoms with Crippen molar-refractivity contribution >= 4 is 21.8 Å². The van der Waals surface area contributed by atoms with E-state index >= 15 is 0 Å². The van der Waals surface area contributed by atoms with Gasteiger partial charge in [-0.2, -0.15) is 5.26 Å². The highest BCUT2D eigenvalue weighted by Crippen LogP contribution is 2.40. The Labute approximate surface area is 233 Å². The number of benzene rings is 5. The van der Waals surface area contributed by atoms with E-state index in [9.17, 15) is 5.26 Å². The first-order chi connectivity index (χ1) is 19.7. The number of hydrogen-bond acceptors (Lipinski definition) is 2. The molecule has 0 unspecified atom stereocenters. The number of para-hydroxylation sites is 1. The van der Waals surface area contributed by atoms with Crippen molar-refractivity contribution in [3.63, 3.8) is 0 Å². The minimum Gasteiger partial charge on any atom is -0.309 e. The number of rotatable bonds is 4. The lowest BCUT2D eigenvalue weighted by Gasteiger charge is -2.17. The Kier molecular flexibility index (Phi) is 5.73. The summed E-state index contributed by atoms with van der Waals surface area (Å²) >= 11 is 0. The van der Waals surface area contributed by atoms with Crippen LogP contribution in [0.1, 0.15) is 11.1 Å². The van der Waals surface area contributed by atoms with Gasteiger partial charge in [0.1, 0.15) is 0 Å². The van der Waals surface area contributed by atoms with Crippen LogP contribution in [0.2, 0.25) is 0 Å². The van der Waals surface area contributed by atoms with E-state index in [1.54, 1.807) is 12.4 Å². The number of aromatic nitrogens is 2. The minimum absolute atomic E-state index is 0.635. The average Bonchev–Trinajstić information content (AvgIpc) is 3.35. The first kappa shape index (κ1) is 23.6. The molecular weight excluding hydrogens is 486 g/mol. The van der Waals surface area contributed by atoms with Crippen molar-refractivity contribution in [3.05, 3.63) is 145 Å². The molecule has 5 aromatic carbocycles. The molecule has 0 saturated carbocycles. The minimum atomic E-state index is 0.635. The summed E-state index contributed by atoms with van der Waals surface area (Å²) in [5.74, 6) is 0. The zero-order chi connectivity index (χ0) is 27.1. The van der Waals surface area contributed by atoms with E-state index in [1.165, 1.54) is 27.5 Å². The molecule has 188 valence electrons. The fraction of sp³-hybridized carbons (Fsp3) is 0.0270. The third-order valence-corrected chi connectivity index (χ3v) is 7.60. The summed E-state index contributed by atoms with van der Waals surface area (Å²) in [6, 6.07) is 44.8. The molecule has 0 aliphatic rings. The largest absolute Gasteiger partial charge is 0.309 e. The maximum atomic E-state index is 10.2. The summed E-state index contributed by atoms with van der Waals surface area (Å²) in [6.45, 7) is 2.13. The Hall–Kier alpha value is -5.46. The summed E-state index contributed by atoms with van der Waals surface area (Å²) in [4.78, 5) is 4.20. The lowest BCUT2D eigenvalue weighted by Crippen LogP contribution is -2.00. The number of hydrogen-bond donors (Lipinski definition) is 0. The van der Waals surface area contributed by atoms with Gasteiger partial charge in [-0.05, 0) is 71.6 Å². The Bertz CT molecular complexity index is 2060. The van der Waals surface area contributed by atoms with Gasteiger partial charge in [-0.3, -0.25) is 4.98 Å². The molecule has 0 spiro atoms. The Morgan fingerprint density at radius 1 is 0.575 bits per heavy atom. The Balaban J connectivity index is 1.57. The van der Waals surface area contributed by atoms with Crippen molar-refractivity contribution in [2.24, 2.45) is 0 Å². The maximum absolute atomic E-state index is 10.2. The molecular formula is C37H25N3. The molecule has 0 saturated heterocycles. The molecule has 0 aliphatic carbocycles. The van der Waals surface area contributed by atoms with Gasteiger partial charge in [0, 0.05) is 34.3 Å². The number of fused-ring (bicyclic) bond motifs is 3. The van der Waals surface area contributed by atoms with Crippen LogP contribution < -0.4 is 0 Å². The van der Waals surface area contributed by atoms with Crippen molar-refractivity contribution in [2.45, 2.75) is 6.92 Å². The van der Waals surface area contributed by atoms with Crippen LogP contribution in [0.25, 0.3) is 60.9 Å². The third kappa shape index (κ3) is 3.95. The Morgan fingerprint density at radius 3 is 2.08 bits per heavy atom. The molecule has 40 heavy (non-hydrogen) atoms. The Morgan fingerprint density at radius 2 is 1.27 bits per heavy atom. The highest BCUT2D eigenvalue weighted by Gasteiger charge is 2.19. The maximum Gasteiger partial charge on any atom is 0.0998 e. The molecule has 0 atom stereocenters. The van der Waals surface area contributed by atoms with E-state index in [-0.39, 0.29) is 0 Å². The lowest BCUT2D eigenvalue weighted by molar-refractivity contribution is 1.18. The number of aryl methyl sites for hydroxylation is 1. The van der Waals surface area contributed by atoms with E-state index in [4.69, 9.17) is 0 Å². The topological polar surface area (TPSA) is 41.6 Å². The predicted molar refractivity (Wildman–Crippen MR) is 164 cm³/mol. The smallest absolute Gasteiger partial charge is 0.0998 e. The zero-order valence-corrected chi connectivity index (χ0v) is 22.0. The average molecular weight is 512 g/mol. The van der Waals surface area contributed by atoms with Gasteiger partial charge < -0.3 is 4.57 Å². The third-order valence-electron chi connectivity index (χ3n) is 7.60. The summed E-state index contributed by atoms with van der Waals surface area (Å²) in [6.07, 6.45) is 3.54. The lowest BCUT2D eigenvalue weighted by atomic mass is 9.94. The van der Waals surface area contributed by atoms with Crippen LogP contribution in [0.15, 0.2) is 134 Å². The molecule has 0 radical (unpaired) electrons. The molecule has 0 amide bonds. The van der Waals surface area contributed by atoms with Crippen LogP contribution in [0, 0.1) is 18.3 Å². The fourth-order valence-electron chi connectivity index (χ4n) is 5.72. The van der Waals surface area contributed by atoms with Gasteiger partial charge in [0.15, 0.2) is 0 Å². The highest BCUT2D eigenvalue weighted by molar-refractivity contribution is 6.11. The molecule has 0 fully saturated rings. The number of nitriles is 1. The molecule has 7 aromatic rings. The second-order valence-electron chi connectivity index (χ2n) is 10.1. The van der Waals surface area contributed by atoms with Crippen molar-refractivity contribution in [1.82, 2.24) is 9.55 Å². The van der Waals surface area contributed by atoms with Crippen molar-refractivity contribution in [2.75, 3.05) is 0 Å². The van der Waals surface area contributed by atoms with Crippen molar-refractivity contribution in [1.29, 1.82) is 5.26 Å². The summed E-state index contributed by atoms with van der Waals surface area (Å²) in [7, 11) is 0. The molecule has 0 aliphatic heterocycles. The van der Waals surface area contributed by atoms with Crippen LogP contribution in [-0.4, -0.2) is 9.55 Å². The molecule has 3 heteroatoms. The van der Waals surface area contributed by atoms with E-state index in [1.807, 2.05) is 36.4 Å². The first-order valence-electron chi connectivity index (χ1n) is 13.4. The van der Waals surface area contributed by atoms with Gasteiger partial charge in [-0.1, -0.05) is 84.4 Å². The molecule has 7 rings (SSSR count). The second-order valence-corrected chi connectivity index (χ2v) is 10.1. The monoisotopic (exact) mass is 511 g/mol. The van der Waals surface area contributed by atoms with Gasteiger partial charge in [0.25, 0.3) is 0 Å². The zero-order valence-electron chi connectivity index (χ0n) is 22.0. The van der Waals surface area contributed by atoms with Crippen LogP contribution in [0.4, 0.5) is 0 Å². The van der Waals surface area contributed by atoms with E-state index in [0.29, 0.717) is 5.56 Å². The molecule has 3 nitrogen and oxygen atoms in total. The molecule has 0 N–H and O–H groups in total. The number of pyridine rings is 1. The molecule has 2 heterocycles. The van der Waals surface area contributed by atoms with E-state index in [0.717, 1.165) is 39.0 Å². The SMILES string of the molecule is Cc1cccc(-c2ccc3c(c2)c2ccccc2n3-c2cc(-c3ccncc3)c(C#N)cc2-c2ccccc2)c1. The normalized spacial score (nSPS) is 11.1. The van der Waals surface area contributed by atoms with E-state index < -0.39 is 0 Å². The fourth-order valence-corrected chi connectivity index (χ4v) is 5.72. The standard InChI is InChI=1S/C37H25N3/c1-25-8-7-11-28(20-25)29-14-15-36-34(21-29)31-12-5-6-13-35(31)40(36)37-23-32(27-16-18-39-19-17-27)30(24-38)22-33(37)26-9-3-2-4-10-26/h2-23H,1H3. The van der Waals surface area contributed by atoms with Crippen molar-refractivity contribution < 1.29 is 0 Å². The van der Waals surface area contributed by atoms with Gasteiger partial charge >= 0.3 is 0 Å². The molecule has 2 aromatic heterocycles. The highest BCUT2D eigenvalue weighted by atomic mass is 15.0. The van der Waals surface area contributed by atoms with Crippen LogP contribution in [0.5, 0.6) is 0 Å². The summed E-state index contributed by atoms with van der Waals surface area (Å²) in [5.41, 5.74) is 11.5. The predicted octanol–water partition coefficient (Wildman–Crippen LogP) is 9.36.